The average molecular weight is 227 g/mol. The molecule has 0 atom stereocenters. The van der Waals surface area contributed by atoms with Gasteiger partial charge in [0.25, 0.3) is 0 Å². The number of rotatable bonds is 2. The second-order valence-corrected chi connectivity index (χ2v) is 4.16. The molecule has 2 heterocycles. The number of thiazole rings is 1. The highest BCUT2D eigenvalue weighted by molar-refractivity contribution is 7.15. The van der Waals surface area contributed by atoms with Gasteiger partial charge >= 0.3 is 0 Å². The van der Waals surface area contributed by atoms with Crippen molar-refractivity contribution in [2.45, 2.75) is 6.61 Å². The van der Waals surface area contributed by atoms with Crippen LogP contribution in [0.3, 0.4) is 0 Å². The first-order chi connectivity index (χ1) is 6.79. The van der Waals surface area contributed by atoms with Crippen LogP contribution >= 0.6 is 22.9 Å². The number of nitrogens with zero attached hydrogens (tertiary/aromatic N) is 2. The largest absolute Gasteiger partial charge is 0.391 e. The fourth-order valence-corrected chi connectivity index (χ4v) is 1.89. The molecule has 14 heavy (non-hydrogen) atoms. The highest BCUT2D eigenvalue weighted by atomic mass is 35.5. The van der Waals surface area contributed by atoms with Crippen LogP contribution in [0.5, 0.6) is 0 Å². The minimum absolute atomic E-state index is 0.0265. The van der Waals surface area contributed by atoms with Gasteiger partial charge in [0, 0.05) is 18.0 Å². The quantitative estimate of drug-likeness (QED) is 0.800. The minimum atomic E-state index is 0.0265. The predicted octanol–water partition coefficient (Wildman–Crippen LogP) is 2.35. The third kappa shape index (κ3) is 1.92. The van der Waals surface area contributed by atoms with Crippen molar-refractivity contribution in [1.29, 1.82) is 0 Å². The lowest BCUT2D eigenvalue weighted by Gasteiger charge is -1.94. The maximum Gasteiger partial charge on any atom is 0.129 e. The number of pyridine rings is 1. The standard InChI is InChI=1S/C9H7ClN2OS/c10-8-2-1-6(3-11-8)9-12-4-7(5-13)14-9/h1-4,13H,5H2. The van der Waals surface area contributed by atoms with E-state index in [0.717, 1.165) is 15.4 Å². The summed E-state index contributed by atoms with van der Waals surface area (Å²) in [7, 11) is 0. The van der Waals surface area contributed by atoms with Crippen molar-refractivity contribution in [3.63, 3.8) is 0 Å². The molecule has 0 radical (unpaired) electrons. The molecule has 0 unspecified atom stereocenters. The first kappa shape index (κ1) is 9.58. The molecule has 3 nitrogen and oxygen atoms in total. The second kappa shape index (κ2) is 4.04. The lowest BCUT2D eigenvalue weighted by Crippen LogP contribution is -1.77. The monoisotopic (exact) mass is 226 g/mol. The van der Waals surface area contributed by atoms with Gasteiger partial charge < -0.3 is 5.11 Å². The van der Waals surface area contributed by atoms with Crippen molar-refractivity contribution in [1.82, 2.24) is 9.97 Å². The Labute approximate surface area is 90.0 Å². The van der Waals surface area contributed by atoms with E-state index in [2.05, 4.69) is 9.97 Å². The molecule has 5 heteroatoms. The molecular formula is C9H7ClN2OS. The summed E-state index contributed by atoms with van der Waals surface area (Å²) >= 11 is 7.11. The second-order valence-electron chi connectivity index (χ2n) is 2.66. The van der Waals surface area contributed by atoms with Crippen LogP contribution < -0.4 is 0 Å². The zero-order valence-corrected chi connectivity index (χ0v) is 8.72. The lowest BCUT2D eigenvalue weighted by atomic mass is 10.3. The zero-order valence-electron chi connectivity index (χ0n) is 7.14. The molecule has 0 aliphatic heterocycles. The number of aliphatic hydroxyl groups is 1. The van der Waals surface area contributed by atoms with E-state index in [4.69, 9.17) is 16.7 Å². The molecule has 0 fully saturated rings. The van der Waals surface area contributed by atoms with Gasteiger partial charge in [0.2, 0.25) is 0 Å². The van der Waals surface area contributed by atoms with Gasteiger partial charge in [0.15, 0.2) is 0 Å². The van der Waals surface area contributed by atoms with Gasteiger partial charge in [-0.1, -0.05) is 11.6 Å². The summed E-state index contributed by atoms with van der Waals surface area (Å²) in [5.41, 5.74) is 0.916. The molecule has 0 spiro atoms. The molecule has 0 saturated heterocycles. The van der Waals surface area contributed by atoms with Gasteiger partial charge in [-0.25, -0.2) is 9.97 Å². The van der Waals surface area contributed by atoms with Gasteiger partial charge in [-0.15, -0.1) is 11.3 Å². The highest BCUT2D eigenvalue weighted by Crippen LogP contribution is 2.24. The van der Waals surface area contributed by atoms with Crippen LogP contribution in [-0.2, 0) is 6.61 Å². The summed E-state index contributed by atoms with van der Waals surface area (Å²) in [6, 6.07) is 3.58. The van der Waals surface area contributed by atoms with Gasteiger partial charge in [0.1, 0.15) is 10.2 Å². The lowest BCUT2D eigenvalue weighted by molar-refractivity contribution is 0.285. The Morgan fingerprint density at radius 2 is 2.14 bits per heavy atom. The van der Waals surface area contributed by atoms with Crippen molar-refractivity contribution in [3.05, 3.63) is 34.6 Å². The molecule has 0 aliphatic carbocycles. The van der Waals surface area contributed by atoms with Crippen LogP contribution in [0, 0.1) is 0 Å². The molecule has 2 rings (SSSR count). The zero-order chi connectivity index (χ0) is 9.97. The van der Waals surface area contributed by atoms with Crippen LogP contribution in [0.4, 0.5) is 0 Å². The highest BCUT2D eigenvalue weighted by Gasteiger charge is 2.03. The van der Waals surface area contributed by atoms with E-state index >= 15 is 0 Å². The fraction of sp³-hybridized carbons (Fsp3) is 0.111. The number of halogens is 1. The number of aliphatic hydroxyl groups excluding tert-OH is 1. The first-order valence-corrected chi connectivity index (χ1v) is 5.16. The van der Waals surface area contributed by atoms with Gasteiger partial charge in [-0.05, 0) is 12.1 Å². The van der Waals surface area contributed by atoms with Crippen LogP contribution in [0.15, 0.2) is 24.5 Å². The molecule has 0 aliphatic rings. The third-order valence-corrected chi connectivity index (χ3v) is 2.94. The summed E-state index contributed by atoms with van der Waals surface area (Å²) in [4.78, 5) is 8.97. The van der Waals surface area contributed by atoms with Crippen LogP contribution in [0.25, 0.3) is 10.6 Å². The van der Waals surface area contributed by atoms with E-state index in [1.165, 1.54) is 11.3 Å². The predicted molar refractivity (Wildman–Crippen MR) is 56.3 cm³/mol. The van der Waals surface area contributed by atoms with Gasteiger partial charge in [-0.2, -0.15) is 0 Å². The Morgan fingerprint density at radius 1 is 1.29 bits per heavy atom. The fourth-order valence-electron chi connectivity index (χ4n) is 1.02. The summed E-state index contributed by atoms with van der Waals surface area (Å²) < 4.78 is 0. The smallest absolute Gasteiger partial charge is 0.129 e. The minimum Gasteiger partial charge on any atom is -0.391 e. The Balaban J connectivity index is 2.34. The Kier molecular flexibility index (Phi) is 2.77. The molecule has 1 N–H and O–H groups in total. The summed E-state index contributed by atoms with van der Waals surface area (Å²) in [5.74, 6) is 0. The summed E-state index contributed by atoms with van der Waals surface area (Å²) in [6.07, 6.45) is 3.33. The van der Waals surface area contributed by atoms with Crippen LogP contribution in [0.2, 0.25) is 5.15 Å². The number of hydrogen-bond acceptors (Lipinski definition) is 4. The SMILES string of the molecule is OCc1cnc(-c2ccc(Cl)nc2)s1. The van der Waals surface area contributed by atoms with Crippen molar-refractivity contribution in [2.24, 2.45) is 0 Å². The normalized spacial score (nSPS) is 10.4. The average Bonchev–Trinajstić information content (AvgIpc) is 2.67. The van der Waals surface area contributed by atoms with E-state index in [0.29, 0.717) is 5.15 Å². The molecule has 0 saturated carbocycles. The van der Waals surface area contributed by atoms with Crippen LogP contribution in [-0.4, -0.2) is 15.1 Å². The summed E-state index contributed by atoms with van der Waals surface area (Å²) in [5, 5.41) is 10.2. The molecular weight excluding hydrogens is 220 g/mol. The topological polar surface area (TPSA) is 46.0 Å². The van der Waals surface area contributed by atoms with Crippen molar-refractivity contribution in [3.8, 4) is 10.6 Å². The molecule has 0 amide bonds. The van der Waals surface area contributed by atoms with Gasteiger partial charge in [-0.3, -0.25) is 0 Å². The van der Waals surface area contributed by atoms with Crippen LogP contribution in [0.1, 0.15) is 4.88 Å². The maximum atomic E-state index is 8.88. The van der Waals surface area contributed by atoms with Crippen molar-refractivity contribution >= 4 is 22.9 Å². The molecule has 2 aromatic rings. The van der Waals surface area contributed by atoms with Crippen molar-refractivity contribution < 1.29 is 5.11 Å². The first-order valence-electron chi connectivity index (χ1n) is 3.97. The van der Waals surface area contributed by atoms with E-state index < -0.39 is 0 Å². The number of aromatic nitrogens is 2. The molecule has 72 valence electrons. The Hall–Kier alpha value is -0.970. The molecule has 2 aromatic heterocycles. The van der Waals surface area contributed by atoms with Gasteiger partial charge in [0.05, 0.1) is 11.5 Å². The maximum absolute atomic E-state index is 8.88. The number of hydrogen-bond donors (Lipinski definition) is 1. The Bertz CT molecular complexity index is 427. The van der Waals surface area contributed by atoms with Crippen molar-refractivity contribution in [2.75, 3.05) is 0 Å². The molecule has 0 bridgehead atoms. The summed E-state index contributed by atoms with van der Waals surface area (Å²) in [6.45, 7) is 0.0265. The van der Waals surface area contributed by atoms with E-state index in [1.54, 1.807) is 18.5 Å². The Morgan fingerprint density at radius 3 is 2.71 bits per heavy atom. The van der Waals surface area contributed by atoms with E-state index in [1.807, 2.05) is 6.07 Å². The third-order valence-electron chi connectivity index (χ3n) is 1.68. The van der Waals surface area contributed by atoms with E-state index in [-0.39, 0.29) is 6.61 Å². The molecule has 0 aromatic carbocycles. The van der Waals surface area contributed by atoms with E-state index in [9.17, 15) is 0 Å².